The Kier molecular flexibility index (Phi) is 5.22. The van der Waals surface area contributed by atoms with Crippen molar-refractivity contribution in [1.29, 1.82) is 0 Å². The van der Waals surface area contributed by atoms with E-state index >= 15 is 0 Å². The van der Waals surface area contributed by atoms with Crippen molar-refractivity contribution in [1.82, 2.24) is 14.9 Å². The molecule has 0 radical (unpaired) electrons. The Balaban J connectivity index is 1.35. The van der Waals surface area contributed by atoms with Crippen molar-refractivity contribution in [2.45, 2.75) is 0 Å². The first-order chi connectivity index (χ1) is 13.1. The van der Waals surface area contributed by atoms with E-state index in [4.69, 9.17) is 4.74 Å². The number of halogens is 2. The molecule has 1 aliphatic heterocycles. The summed E-state index contributed by atoms with van der Waals surface area (Å²) >= 11 is 4.78. The number of hydrogen-bond donors (Lipinski definition) is 0. The van der Waals surface area contributed by atoms with Crippen molar-refractivity contribution in [3.63, 3.8) is 0 Å². The number of aromatic nitrogens is 2. The molecule has 0 atom stereocenters. The molecule has 0 N–H and O–H groups in total. The molecule has 1 amide bonds. The van der Waals surface area contributed by atoms with Gasteiger partial charge in [0.25, 0.3) is 5.91 Å². The number of amides is 1. The van der Waals surface area contributed by atoms with Gasteiger partial charge in [-0.25, -0.2) is 14.4 Å². The second-order valence-electron chi connectivity index (χ2n) is 6.07. The van der Waals surface area contributed by atoms with Crippen LogP contribution in [0.3, 0.4) is 0 Å². The molecule has 9 heteroatoms. The highest BCUT2D eigenvalue weighted by atomic mass is 79.9. The molecule has 6 nitrogen and oxygen atoms in total. The van der Waals surface area contributed by atoms with Gasteiger partial charge in [-0.15, -0.1) is 11.3 Å². The van der Waals surface area contributed by atoms with Gasteiger partial charge in [0, 0.05) is 30.7 Å². The highest BCUT2D eigenvalue weighted by molar-refractivity contribution is 9.10. The van der Waals surface area contributed by atoms with Crippen LogP contribution in [-0.2, 0) is 4.79 Å². The molecule has 3 heterocycles. The minimum Gasteiger partial charge on any atom is -0.481 e. The Labute approximate surface area is 167 Å². The van der Waals surface area contributed by atoms with Crippen molar-refractivity contribution in [3.8, 4) is 5.75 Å². The van der Waals surface area contributed by atoms with Gasteiger partial charge in [-0.1, -0.05) is 15.9 Å². The van der Waals surface area contributed by atoms with Crippen LogP contribution in [0.5, 0.6) is 5.75 Å². The van der Waals surface area contributed by atoms with E-state index < -0.39 is 5.82 Å². The number of rotatable bonds is 4. The normalized spacial score (nSPS) is 14.6. The first-order valence-corrected chi connectivity index (χ1v) is 10.1. The molecule has 4 rings (SSSR count). The van der Waals surface area contributed by atoms with Gasteiger partial charge in [0.05, 0.1) is 5.39 Å². The summed E-state index contributed by atoms with van der Waals surface area (Å²) in [6, 6.07) is 6.51. The van der Waals surface area contributed by atoms with Crippen LogP contribution in [0, 0.1) is 5.82 Å². The fourth-order valence-corrected chi connectivity index (χ4v) is 4.08. The van der Waals surface area contributed by atoms with Gasteiger partial charge in [-0.05, 0) is 29.6 Å². The predicted molar refractivity (Wildman–Crippen MR) is 106 cm³/mol. The number of carbonyl (C=O) groups excluding carboxylic acids is 1. The topological polar surface area (TPSA) is 58.6 Å². The zero-order chi connectivity index (χ0) is 18.8. The second-order valence-corrected chi connectivity index (χ2v) is 7.88. The molecule has 0 saturated carbocycles. The molecule has 3 aromatic rings. The molecule has 2 aromatic heterocycles. The minimum absolute atomic E-state index is 0.0750. The number of nitrogens with zero attached hydrogens (tertiary/aromatic N) is 4. The van der Waals surface area contributed by atoms with Crippen molar-refractivity contribution in [2.75, 3.05) is 37.7 Å². The summed E-state index contributed by atoms with van der Waals surface area (Å²) in [5.41, 5.74) is 0. The maximum Gasteiger partial charge on any atom is 0.260 e. The first kappa shape index (κ1) is 18.1. The van der Waals surface area contributed by atoms with Crippen LogP contribution in [0.4, 0.5) is 10.2 Å². The van der Waals surface area contributed by atoms with Crippen molar-refractivity contribution >= 4 is 49.2 Å². The predicted octanol–water partition coefficient (Wildman–Crippen LogP) is 3.32. The van der Waals surface area contributed by atoms with Gasteiger partial charge in [0.2, 0.25) is 0 Å². The largest absolute Gasteiger partial charge is 0.481 e. The lowest BCUT2D eigenvalue weighted by Gasteiger charge is -2.35. The number of benzene rings is 1. The average Bonchev–Trinajstić information content (AvgIpc) is 3.16. The van der Waals surface area contributed by atoms with E-state index in [0.29, 0.717) is 30.7 Å². The Hall–Kier alpha value is -2.26. The van der Waals surface area contributed by atoms with Crippen LogP contribution >= 0.6 is 27.3 Å². The third-order valence-corrected chi connectivity index (χ3v) is 5.73. The zero-order valence-corrected chi connectivity index (χ0v) is 16.7. The molecule has 1 saturated heterocycles. The third-order valence-electron chi connectivity index (χ3n) is 4.42. The maximum atomic E-state index is 13.8. The number of fused-ring (bicyclic) bond motifs is 1. The summed E-state index contributed by atoms with van der Waals surface area (Å²) in [4.78, 5) is 25.9. The Morgan fingerprint density at radius 2 is 2.04 bits per heavy atom. The van der Waals surface area contributed by atoms with E-state index in [9.17, 15) is 9.18 Å². The number of anilines is 1. The Morgan fingerprint density at radius 3 is 2.81 bits per heavy atom. The molecule has 1 fully saturated rings. The van der Waals surface area contributed by atoms with E-state index in [1.807, 2.05) is 11.4 Å². The van der Waals surface area contributed by atoms with E-state index in [1.54, 1.807) is 28.6 Å². The third kappa shape index (κ3) is 3.89. The highest BCUT2D eigenvalue weighted by Crippen LogP contribution is 2.27. The van der Waals surface area contributed by atoms with Crippen LogP contribution in [-0.4, -0.2) is 53.6 Å². The number of hydrogen-bond acceptors (Lipinski definition) is 6. The molecule has 0 spiro atoms. The molecule has 0 bridgehead atoms. The molecule has 27 heavy (non-hydrogen) atoms. The number of piperazine rings is 1. The molecular weight excluding hydrogens is 435 g/mol. The SMILES string of the molecule is O=C(COc1ccc(Br)cc1F)N1CCN(c2ncnc3sccc23)CC1. The average molecular weight is 451 g/mol. The van der Waals surface area contributed by atoms with Gasteiger partial charge in [0.15, 0.2) is 18.2 Å². The number of ether oxygens (including phenoxy) is 1. The first-order valence-electron chi connectivity index (χ1n) is 8.40. The monoisotopic (exact) mass is 450 g/mol. The van der Waals surface area contributed by atoms with Crippen LogP contribution < -0.4 is 9.64 Å². The van der Waals surface area contributed by atoms with Crippen LogP contribution in [0.15, 0.2) is 40.4 Å². The lowest BCUT2D eigenvalue weighted by molar-refractivity contribution is -0.133. The van der Waals surface area contributed by atoms with Gasteiger partial charge < -0.3 is 14.5 Å². The second kappa shape index (κ2) is 7.77. The van der Waals surface area contributed by atoms with Gasteiger partial charge in [-0.2, -0.15) is 0 Å². The summed E-state index contributed by atoms with van der Waals surface area (Å²) in [6.07, 6.45) is 1.58. The fourth-order valence-electron chi connectivity index (χ4n) is 3.02. The molecular formula is C18H16BrFN4O2S. The van der Waals surface area contributed by atoms with Crippen LogP contribution in [0.1, 0.15) is 0 Å². The van der Waals surface area contributed by atoms with Gasteiger partial charge in [-0.3, -0.25) is 4.79 Å². The standard InChI is InChI=1S/C18H16BrFN4O2S/c19-12-1-2-15(14(20)9-12)26-10-16(25)23-4-6-24(7-5-23)17-13-3-8-27-18(13)22-11-21-17/h1-3,8-9,11H,4-7,10H2. The number of carbonyl (C=O) groups is 1. The molecule has 1 aromatic carbocycles. The summed E-state index contributed by atoms with van der Waals surface area (Å²) in [5, 5.41) is 3.04. The maximum absolute atomic E-state index is 13.8. The van der Waals surface area contributed by atoms with E-state index in [1.165, 1.54) is 12.1 Å². The Bertz CT molecular complexity index is 975. The van der Waals surface area contributed by atoms with Crippen molar-refractivity contribution in [3.05, 3.63) is 46.3 Å². The quantitative estimate of drug-likeness (QED) is 0.609. The zero-order valence-electron chi connectivity index (χ0n) is 14.3. The van der Waals surface area contributed by atoms with Crippen LogP contribution in [0.25, 0.3) is 10.2 Å². The summed E-state index contributed by atoms with van der Waals surface area (Å²) in [5.74, 6) is 0.332. The van der Waals surface area contributed by atoms with Crippen molar-refractivity contribution < 1.29 is 13.9 Å². The van der Waals surface area contributed by atoms with Crippen molar-refractivity contribution in [2.24, 2.45) is 0 Å². The highest BCUT2D eigenvalue weighted by Gasteiger charge is 2.23. The summed E-state index contributed by atoms with van der Waals surface area (Å²) < 4.78 is 19.8. The molecule has 0 aliphatic carbocycles. The summed E-state index contributed by atoms with van der Waals surface area (Å²) in [7, 11) is 0. The minimum atomic E-state index is -0.495. The smallest absolute Gasteiger partial charge is 0.260 e. The molecule has 140 valence electrons. The van der Waals surface area contributed by atoms with Crippen LogP contribution in [0.2, 0.25) is 0 Å². The van der Waals surface area contributed by atoms with E-state index in [-0.39, 0.29) is 18.3 Å². The lowest BCUT2D eigenvalue weighted by Crippen LogP contribution is -2.50. The Morgan fingerprint density at radius 1 is 1.22 bits per heavy atom. The molecule has 0 unspecified atom stereocenters. The van der Waals surface area contributed by atoms with E-state index in [0.717, 1.165) is 16.0 Å². The van der Waals surface area contributed by atoms with Gasteiger partial charge >= 0.3 is 0 Å². The number of thiophene rings is 1. The lowest BCUT2D eigenvalue weighted by atomic mass is 10.2. The van der Waals surface area contributed by atoms with Gasteiger partial charge in [0.1, 0.15) is 17.0 Å². The van der Waals surface area contributed by atoms with E-state index in [2.05, 4.69) is 30.8 Å². The fraction of sp³-hybridized carbons (Fsp3) is 0.278. The molecule has 1 aliphatic rings. The summed E-state index contributed by atoms with van der Waals surface area (Å²) in [6.45, 7) is 2.32.